The summed E-state index contributed by atoms with van der Waals surface area (Å²) in [6.07, 6.45) is 0. The quantitative estimate of drug-likeness (QED) is 0.0884. The van der Waals surface area contributed by atoms with E-state index in [9.17, 15) is 27.2 Å². The molecule has 18 heteroatoms. The van der Waals surface area contributed by atoms with Gasteiger partial charge >= 0.3 is 9.81 Å². The number of benzene rings is 2. The first kappa shape index (κ1) is 30.0. The molecule has 216 valence electrons. The molecule has 0 unspecified atom stereocenters. The number of nitrogens with two attached hydrogens (primary N) is 1. The van der Waals surface area contributed by atoms with Crippen LogP contribution in [-0.2, 0) is 11.5 Å². The number of aromatic nitrogens is 5. The van der Waals surface area contributed by atoms with Crippen molar-refractivity contribution in [2.24, 2.45) is 0 Å². The zero-order chi connectivity index (χ0) is 30.0. The molecule has 0 atom stereocenters. The molecule has 0 saturated heterocycles. The summed E-state index contributed by atoms with van der Waals surface area (Å²) in [5, 5.41) is 0.668. The van der Waals surface area contributed by atoms with Crippen molar-refractivity contribution >= 4 is 84.4 Å². The third-order valence-corrected chi connectivity index (χ3v) is 9.10. The van der Waals surface area contributed by atoms with Crippen molar-refractivity contribution in [1.29, 1.82) is 0 Å². The summed E-state index contributed by atoms with van der Waals surface area (Å²) in [5.41, 5.74) is 6.54. The summed E-state index contributed by atoms with van der Waals surface area (Å²) >= 11 is 9.87. The maximum atomic E-state index is 13.5. The molecule has 6 aromatic rings. The van der Waals surface area contributed by atoms with Gasteiger partial charge in [-0.1, -0.05) is 70.7 Å². The van der Waals surface area contributed by atoms with E-state index in [1.54, 1.807) is 0 Å². The van der Waals surface area contributed by atoms with E-state index < -0.39 is 28.2 Å². The topological polar surface area (TPSA) is 141 Å². The number of hydrogen-bond acceptors (Lipinski definition) is 12. The molecule has 0 aliphatic rings. The lowest BCUT2D eigenvalue weighted by atomic mass is 10.2. The molecule has 0 saturated carbocycles. The van der Waals surface area contributed by atoms with Crippen LogP contribution in [-0.4, -0.2) is 24.9 Å². The van der Waals surface area contributed by atoms with Gasteiger partial charge in [0.05, 0.1) is 0 Å². The minimum absolute atomic E-state index is 0.0970. The number of rotatable bonds is 6. The summed E-state index contributed by atoms with van der Waals surface area (Å²) in [5.74, 6) is -3.19. The lowest BCUT2D eigenvalue weighted by Crippen LogP contribution is -1.96. The van der Waals surface area contributed by atoms with Crippen LogP contribution in [0.1, 0.15) is 11.1 Å². The normalized spacial score (nSPS) is 11.2. The standard InChI is InChI=1S/C12H6ClF2N3OS2.C12H7F2N3O2S2/c13-9-8-10(18-12(19)21-8)17-11(16-9)20-4-5-2-1-3-6(14)7(5)15;13-6-3-1-2-5(7(6)14)4-20-11-16-9(15)8-10(17-11)19-12(18)21-8/h1-3H,4H2,(H,16,17,18,19);1-3H,4H2,(H2,15,16,17). The van der Waals surface area contributed by atoms with Gasteiger partial charge in [-0.3, -0.25) is 9.78 Å². The van der Waals surface area contributed by atoms with Crippen molar-refractivity contribution in [2.45, 2.75) is 21.8 Å². The monoisotopic (exact) mass is 672 g/mol. The molecular formula is C24H13ClF4N6O3S4. The fourth-order valence-electron chi connectivity index (χ4n) is 3.30. The summed E-state index contributed by atoms with van der Waals surface area (Å²) in [6.45, 7) is 0. The first-order chi connectivity index (χ1) is 20.1. The Hall–Kier alpha value is -3.51. The number of nitrogen functional groups attached to an aromatic ring is 1. The largest absolute Gasteiger partial charge is 0.397 e. The Labute approximate surface area is 253 Å². The lowest BCUT2D eigenvalue weighted by molar-refractivity contribution is 0.502. The van der Waals surface area contributed by atoms with Crippen LogP contribution in [0.4, 0.5) is 23.4 Å². The fourth-order valence-corrected chi connectivity index (χ4v) is 6.54. The van der Waals surface area contributed by atoms with Crippen molar-refractivity contribution in [3.63, 3.8) is 0 Å². The summed E-state index contributed by atoms with van der Waals surface area (Å²) in [7, 11) is 0. The number of thiazole rings is 1. The molecule has 2 aromatic carbocycles. The second-order valence-electron chi connectivity index (χ2n) is 7.97. The third-order valence-electron chi connectivity index (χ3n) is 5.20. The predicted octanol–water partition coefficient (Wildman–Crippen LogP) is 6.40. The molecular weight excluding hydrogens is 660 g/mol. The molecule has 0 radical (unpaired) electrons. The van der Waals surface area contributed by atoms with E-state index in [4.69, 9.17) is 21.8 Å². The van der Waals surface area contributed by atoms with Crippen LogP contribution in [0.2, 0.25) is 5.15 Å². The average molecular weight is 673 g/mol. The van der Waals surface area contributed by atoms with Gasteiger partial charge in [0.15, 0.2) is 44.4 Å². The first-order valence-corrected chi connectivity index (χ1v) is 15.3. The van der Waals surface area contributed by atoms with Gasteiger partial charge in [-0.2, -0.15) is 4.98 Å². The second kappa shape index (κ2) is 12.8. The molecule has 4 heterocycles. The number of H-pyrrole nitrogens is 1. The molecule has 0 aliphatic heterocycles. The van der Waals surface area contributed by atoms with Crippen LogP contribution in [0.15, 0.2) is 60.7 Å². The number of aromatic amines is 1. The number of nitrogens with one attached hydrogen (secondary N) is 1. The Morgan fingerprint density at radius 3 is 2.05 bits per heavy atom. The van der Waals surface area contributed by atoms with Gasteiger partial charge in [0.2, 0.25) is 5.71 Å². The molecule has 0 bridgehead atoms. The number of nitrogens with zero attached hydrogens (tertiary/aromatic N) is 4. The van der Waals surface area contributed by atoms with E-state index in [0.717, 1.165) is 58.3 Å². The summed E-state index contributed by atoms with van der Waals surface area (Å²) < 4.78 is 59.0. The minimum Gasteiger partial charge on any atom is -0.395 e. The average Bonchev–Trinajstić information content (AvgIpc) is 3.52. The molecule has 42 heavy (non-hydrogen) atoms. The Morgan fingerprint density at radius 2 is 1.43 bits per heavy atom. The molecule has 0 aliphatic carbocycles. The number of halogens is 5. The highest BCUT2D eigenvalue weighted by Crippen LogP contribution is 2.29. The fraction of sp³-hybridized carbons (Fsp3) is 0.0833. The SMILES string of the molecule is Nc1nc(SCc2cccc(F)c2F)nc2oc(=O)sc12.O=c1[nH]c2nc(SCc3cccc(F)c3F)nc(Cl)c2s1. The van der Waals surface area contributed by atoms with Crippen LogP contribution < -0.4 is 15.5 Å². The van der Waals surface area contributed by atoms with Gasteiger partial charge < -0.3 is 10.2 Å². The Kier molecular flexibility index (Phi) is 9.12. The summed E-state index contributed by atoms with van der Waals surface area (Å²) in [4.78, 5) is 40.3. The van der Waals surface area contributed by atoms with Gasteiger partial charge in [-0.05, 0) is 23.5 Å². The van der Waals surface area contributed by atoms with Crippen LogP contribution in [0, 0.1) is 23.3 Å². The predicted molar refractivity (Wildman–Crippen MR) is 155 cm³/mol. The molecule has 9 nitrogen and oxygen atoms in total. The highest BCUT2D eigenvalue weighted by molar-refractivity contribution is 7.98. The van der Waals surface area contributed by atoms with Gasteiger partial charge in [0.1, 0.15) is 15.2 Å². The molecule has 6 rings (SSSR count). The third kappa shape index (κ3) is 6.75. The van der Waals surface area contributed by atoms with Crippen molar-refractivity contribution in [3.8, 4) is 0 Å². The van der Waals surface area contributed by atoms with Gasteiger partial charge in [0, 0.05) is 22.6 Å². The van der Waals surface area contributed by atoms with Gasteiger partial charge in [0.25, 0.3) is 0 Å². The van der Waals surface area contributed by atoms with E-state index in [2.05, 4.69) is 24.9 Å². The van der Waals surface area contributed by atoms with E-state index >= 15 is 0 Å². The van der Waals surface area contributed by atoms with Crippen LogP contribution in [0.3, 0.4) is 0 Å². The zero-order valence-corrected chi connectivity index (χ0v) is 24.5. The second-order valence-corrected chi connectivity index (χ2v) is 12.1. The van der Waals surface area contributed by atoms with E-state index in [1.165, 1.54) is 24.3 Å². The van der Waals surface area contributed by atoms with Crippen molar-refractivity contribution in [2.75, 3.05) is 5.73 Å². The van der Waals surface area contributed by atoms with E-state index in [1.807, 2.05) is 0 Å². The highest BCUT2D eigenvalue weighted by Gasteiger charge is 2.14. The maximum absolute atomic E-state index is 13.5. The van der Waals surface area contributed by atoms with Crippen molar-refractivity contribution in [1.82, 2.24) is 24.9 Å². The maximum Gasteiger partial charge on any atom is 0.397 e. The van der Waals surface area contributed by atoms with Crippen LogP contribution in [0.25, 0.3) is 20.8 Å². The summed E-state index contributed by atoms with van der Waals surface area (Å²) in [6, 6.07) is 7.91. The highest BCUT2D eigenvalue weighted by atomic mass is 35.5. The lowest BCUT2D eigenvalue weighted by Gasteiger charge is -2.03. The minimum atomic E-state index is -0.909. The van der Waals surface area contributed by atoms with Crippen molar-refractivity contribution in [3.05, 3.63) is 95.3 Å². The van der Waals surface area contributed by atoms with E-state index in [-0.39, 0.29) is 54.5 Å². The Morgan fingerprint density at radius 1 is 0.833 bits per heavy atom. The molecule has 0 amide bonds. The van der Waals surface area contributed by atoms with Crippen LogP contribution >= 0.6 is 57.8 Å². The number of hydrogen-bond donors (Lipinski definition) is 2. The first-order valence-electron chi connectivity index (χ1n) is 11.3. The van der Waals surface area contributed by atoms with Crippen LogP contribution in [0.5, 0.6) is 0 Å². The smallest absolute Gasteiger partial charge is 0.395 e. The molecule has 3 N–H and O–H groups in total. The zero-order valence-electron chi connectivity index (χ0n) is 20.5. The van der Waals surface area contributed by atoms with Crippen molar-refractivity contribution < 1.29 is 22.0 Å². The van der Waals surface area contributed by atoms with E-state index in [0.29, 0.717) is 15.0 Å². The van der Waals surface area contributed by atoms with Gasteiger partial charge in [-0.25, -0.2) is 37.3 Å². The Balaban J connectivity index is 0.000000168. The number of fused-ring (bicyclic) bond motifs is 2. The Bertz CT molecular complexity index is 1910. The number of thioether (sulfide) groups is 2. The molecule has 0 fully saturated rings. The molecule has 4 aromatic heterocycles. The van der Waals surface area contributed by atoms with Gasteiger partial charge in [-0.15, -0.1) is 0 Å². The number of anilines is 1. The molecule has 0 spiro atoms.